The number of amides is 1. The topological polar surface area (TPSA) is 80.5 Å². The molecule has 1 aliphatic heterocycles. The molecule has 6 nitrogen and oxygen atoms in total. The second-order valence-electron chi connectivity index (χ2n) is 5.86. The van der Waals surface area contributed by atoms with Crippen molar-refractivity contribution in [3.05, 3.63) is 22.8 Å². The van der Waals surface area contributed by atoms with Crippen molar-refractivity contribution < 1.29 is 9.90 Å². The third kappa shape index (κ3) is 3.67. The molecule has 0 aliphatic carbocycles. The van der Waals surface area contributed by atoms with Gasteiger partial charge in [-0.25, -0.2) is 4.98 Å². The first kappa shape index (κ1) is 16.5. The molecule has 1 N–H and O–H groups in total. The molecule has 1 atom stereocenters. The maximum absolute atomic E-state index is 11.9. The number of nitrogens with zero attached hydrogens (tertiary/aromatic N) is 4. The summed E-state index contributed by atoms with van der Waals surface area (Å²) in [5.74, 6) is 0.430. The van der Waals surface area contributed by atoms with E-state index < -0.39 is 5.60 Å². The van der Waals surface area contributed by atoms with Crippen LogP contribution in [0.3, 0.4) is 0 Å². The highest BCUT2D eigenvalue weighted by molar-refractivity contribution is 6.33. The number of rotatable bonds is 3. The van der Waals surface area contributed by atoms with Crippen LogP contribution < -0.4 is 4.90 Å². The number of pyridine rings is 1. The molecule has 0 spiro atoms. The van der Waals surface area contributed by atoms with Crippen LogP contribution in [-0.2, 0) is 4.79 Å². The van der Waals surface area contributed by atoms with E-state index in [4.69, 9.17) is 16.9 Å². The van der Waals surface area contributed by atoms with E-state index in [9.17, 15) is 9.90 Å². The van der Waals surface area contributed by atoms with Gasteiger partial charge in [0.1, 0.15) is 11.9 Å². The molecule has 2 heterocycles. The SMILES string of the molecule is CN(C)C(=O)CC1(O)CCCN(c2ncc(C#N)cc2Cl)C1. The molecule has 1 saturated heterocycles. The molecule has 118 valence electrons. The van der Waals surface area contributed by atoms with Gasteiger partial charge in [0.2, 0.25) is 5.91 Å². The molecular weight excluding hydrogens is 304 g/mol. The number of aliphatic hydroxyl groups is 1. The lowest BCUT2D eigenvalue weighted by atomic mass is 9.89. The van der Waals surface area contributed by atoms with Gasteiger partial charge in [-0.2, -0.15) is 5.26 Å². The molecule has 1 aliphatic rings. The largest absolute Gasteiger partial charge is 0.388 e. The Labute approximate surface area is 134 Å². The van der Waals surface area contributed by atoms with Crippen molar-refractivity contribution in [2.45, 2.75) is 24.9 Å². The van der Waals surface area contributed by atoms with E-state index in [0.29, 0.717) is 35.9 Å². The maximum atomic E-state index is 11.9. The van der Waals surface area contributed by atoms with Crippen molar-refractivity contribution in [3.63, 3.8) is 0 Å². The van der Waals surface area contributed by atoms with Gasteiger partial charge >= 0.3 is 0 Å². The highest BCUT2D eigenvalue weighted by Crippen LogP contribution is 2.31. The Morgan fingerprint density at radius 1 is 1.64 bits per heavy atom. The molecule has 1 amide bonds. The Morgan fingerprint density at radius 3 is 2.95 bits per heavy atom. The number of piperidine rings is 1. The van der Waals surface area contributed by atoms with E-state index >= 15 is 0 Å². The predicted molar refractivity (Wildman–Crippen MR) is 83.7 cm³/mol. The number of nitriles is 1. The first-order valence-electron chi connectivity index (χ1n) is 7.08. The smallest absolute Gasteiger partial charge is 0.225 e. The lowest BCUT2D eigenvalue weighted by molar-refractivity contribution is -0.134. The van der Waals surface area contributed by atoms with E-state index in [0.717, 1.165) is 6.42 Å². The Morgan fingerprint density at radius 2 is 2.36 bits per heavy atom. The summed E-state index contributed by atoms with van der Waals surface area (Å²) >= 11 is 6.18. The second-order valence-corrected chi connectivity index (χ2v) is 6.26. The molecule has 1 aromatic rings. The number of anilines is 1. The predicted octanol–water partition coefficient (Wildman–Crippen LogP) is 1.42. The van der Waals surface area contributed by atoms with Crippen LogP contribution in [0.25, 0.3) is 0 Å². The van der Waals surface area contributed by atoms with Gasteiger partial charge < -0.3 is 14.9 Å². The fourth-order valence-corrected chi connectivity index (χ4v) is 2.89. The zero-order valence-electron chi connectivity index (χ0n) is 12.7. The third-order valence-electron chi connectivity index (χ3n) is 3.78. The molecule has 0 saturated carbocycles. The average Bonchev–Trinajstić information content (AvgIpc) is 2.46. The standard InChI is InChI=1S/C15H19ClN4O2/c1-19(2)13(21)7-15(22)4-3-5-20(10-15)14-12(16)6-11(8-17)9-18-14/h6,9,22H,3-5,7,10H2,1-2H3. The molecule has 1 unspecified atom stereocenters. The molecule has 2 rings (SSSR count). The number of carbonyl (C=O) groups is 1. The van der Waals surface area contributed by atoms with Gasteiger partial charge in [0, 0.05) is 33.4 Å². The molecule has 22 heavy (non-hydrogen) atoms. The molecule has 1 fully saturated rings. The van der Waals surface area contributed by atoms with Crippen molar-refractivity contribution in [3.8, 4) is 6.07 Å². The summed E-state index contributed by atoms with van der Waals surface area (Å²) in [5, 5.41) is 19.9. The zero-order valence-corrected chi connectivity index (χ0v) is 13.5. The third-order valence-corrected chi connectivity index (χ3v) is 4.06. The van der Waals surface area contributed by atoms with Crippen LogP contribution in [0.5, 0.6) is 0 Å². The van der Waals surface area contributed by atoms with Crippen LogP contribution in [0.1, 0.15) is 24.8 Å². The van der Waals surface area contributed by atoms with Crippen molar-refractivity contribution in [1.29, 1.82) is 5.26 Å². The first-order chi connectivity index (χ1) is 10.3. The van der Waals surface area contributed by atoms with Gasteiger partial charge in [-0.05, 0) is 18.9 Å². The number of hydrogen-bond acceptors (Lipinski definition) is 5. The van der Waals surface area contributed by atoms with Crippen molar-refractivity contribution in [2.75, 3.05) is 32.1 Å². The van der Waals surface area contributed by atoms with Gasteiger partial charge in [-0.15, -0.1) is 0 Å². The number of β-amino-alcohol motifs (C(OH)–C–C–N with tert-alkyl or cyclic N) is 1. The summed E-state index contributed by atoms with van der Waals surface area (Å²) in [4.78, 5) is 19.4. The van der Waals surface area contributed by atoms with Crippen LogP contribution in [0.2, 0.25) is 5.02 Å². The van der Waals surface area contributed by atoms with Crippen LogP contribution in [-0.4, -0.2) is 53.7 Å². The molecule has 1 aromatic heterocycles. The van der Waals surface area contributed by atoms with Crippen LogP contribution in [0.15, 0.2) is 12.3 Å². The molecular formula is C15H19ClN4O2. The summed E-state index contributed by atoms with van der Waals surface area (Å²) in [6, 6.07) is 3.55. The first-order valence-corrected chi connectivity index (χ1v) is 7.45. The summed E-state index contributed by atoms with van der Waals surface area (Å²) < 4.78 is 0. The van der Waals surface area contributed by atoms with E-state index in [1.165, 1.54) is 11.1 Å². The van der Waals surface area contributed by atoms with Crippen molar-refractivity contribution in [2.24, 2.45) is 0 Å². The van der Waals surface area contributed by atoms with Gasteiger partial charge in [-0.3, -0.25) is 4.79 Å². The van der Waals surface area contributed by atoms with Crippen LogP contribution >= 0.6 is 11.6 Å². The summed E-state index contributed by atoms with van der Waals surface area (Å²) in [7, 11) is 3.34. The molecule has 0 radical (unpaired) electrons. The Hall–Kier alpha value is -1.84. The fraction of sp³-hybridized carbons (Fsp3) is 0.533. The average molecular weight is 323 g/mol. The Kier molecular flexibility index (Phi) is 4.89. The minimum absolute atomic E-state index is 0.0738. The van der Waals surface area contributed by atoms with E-state index in [-0.39, 0.29) is 12.3 Å². The summed E-state index contributed by atoms with van der Waals surface area (Å²) in [6.07, 6.45) is 2.84. The fourth-order valence-electron chi connectivity index (χ4n) is 2.60. The molecule has 0 aromatic carbocycles. The van der Waals surface area contributed by atoms with Gasteiger partial charge in [0.25, 0.3) is 0 Å². The molecule has 0 bridgehead atoms. The number of aromatic nitrogens is 1. The summed E-state index contributed by atoms with van der Waals surface area (Å²) in [6.45, 7) is 1.00. The maximum Gasteiger partial charge on any atom is 0.225 e. The van der Waals surface area contributed by atoms with Crippen LogP contribution in [0.4, 0.5) is 5.82 Å². The van der Waals surface area contributed by atoms with E-state index in [1.807, 2.05) is 11.0 Å². The van der Waals surface area contributed by atoms with Gasteiger partial charge in [0.05, 0.1) is 22.6 Å². The highest BCUT2D eigenvalue weighted by Gasteiger charge is 2.36. The number of halogens is 1. The minimum Gasteiger partial charge on any atom is -0.388 e. The summed E-state index contributed by atoms with van der Waals surface area (Å²) in [5.41, 5.74) is -0.692. The lowest BCUT2D eigenvalue weighted by Gasteiger charge is -2.40. The number of carbonyl (C=O) groups excluding carboxylic acids is 1. The quantitative estimate of drug-likeness (QED) is 0.910. The Bertz CT molecular complexity index is 614. The zero-order chi connectivity index (χ0) is 16.3. The van der Waals surface area contributed by atoms with Gasteiger partial charge in [-0.1, -0.05) is 11.6 Å². The highest BCUT2D eigenvalue weighted by atomic mass is 35.5. The second kappa shape index (κ2) is 6.51. The monoisotopic (exact) mass is 322 g/mol. The van der Waals surface area contributed by atoms with Gasteiger partial charge in [0.15, 0.2) is 0 Å². The van der Waals surface area contributed by atoms with Crippen LogP contribution in [0, 0.1) is 11.3 Å². The van der Waals surface area contributed by atoms with E-state index in [1.54, 1.807) is 20.2 Å². The Balaban J connectivity index is 2.17. The normalized spacial score (nSPS) is 21.3. The molecule has 7 heteroatoms. The van der Waals surface area contributed by atoms with Crippen molar-refractivity contribution in [1.82, 2.24) is 9.88 Å². The lowest BCUT2D eigenvalue weighted by Crippen LogP contribution is -2.50. The number of hydrogen-bond donors (Lipinski definition) is 1. The van der Waals surface area contributed by atoms with E-state index in [2.05, 4.69) is 4.98 Å². The minimum atomic E-state index is -1.08. The van der Waals surface area contributed by atoms with Crippen molar-refractivity contribution >= 4 is 23.3 Å².